The zero-order valence-corrected chi connectivity index (χ0v) is 13.8. The van der Waals surface area contributed by atoms with Crippen molar-refractivity contribution in [2.24, 2.45) is 0 Å². The van der Waals surface area contributed by atoms with Crippen molar-refractivity contribution in [3.05, 3.63) is 57.0 Å². The number of benzene rings is 2. The molecule has 0 radical (unpaired) electrons. The first-order valence-corrected chi connectivity index (χ1v) is 7.62. The molecule has 0 spiro atoms. The highest BCUT2D eigenvalue weighted by Gasteiger charge is 2.00. The fourth-order valence-electron chi connectivity index (χ4n) is 1.65. The maximum absolute atomic E-state index is 5.72. The quantitative estimate of drug-likeness (QED) is 0.731. The van der Waals surface area contributed by atoms with Gasteiger partial charge < -0.3 is 10.1 Å². The summed E-state index contributed by atoms with van der Waals surface area (Å²) in [5.41, 5.74) is 2.31. The van der Waals surface area contributed by atoms with Crippen molar-refractivity contribution in [1.82, 2.24) is 0 Å². The number of aryl methyl sites for hydroxylation is 1. The number of rotatable bonds is 5. The van der Waals surface area contributed by atoms with E-state index in [0.717, 1.165) is 26.9 Å². The van der Waals surface area contributed by atoms with Gasteiger partial charge in [0.1, 0.15) is 12.4 Å². The highest BCUT2D eigenvalue weighted by atomic mass is 79.9. The minimum Gasteiger partial charge on any atom is -0.491 e. The fourth-order valence-corrected chi connectivity index (χ4v) is 2.52. The highest BCUT2D eigenvalue weighted by Crippen LogP contribution is 2.25. The lowest BCUT2D eigenvalue weighted by atomic mass is 10.2. The molecule has 0 amide bonds. The van der Waals surface area contributed by atoms with Crippen LogP contribution in [0.4, 0.5) is 5.69 Å². The van der Waals surface area contributed by atoms with Crippen molar-refractivity contribution in [2.75, 3.05) is 18.5 Å². The van der Waals surface area contributed by atoms with Gasteiger partial charge in [-0.25, -0.2) is 0 Å². The Morgan fingerprint density at radius 3 is 2.47 bits per heavy atom. The van der Waals surface area contributed by atoms with Crippen LogP contribution in [0.5, 0.6) is 5.75 Å². The number of nitrogens with one attached hydrogen (secondary N) is 1. The first-order chi connectivity index (χ1) is 9.15. The van der Waals surface area contributed by atoms with Gasteiger partial charge in [-0.3, -0.25) is 0 Å². The van der Waals surface area contributed by atoms with E-state index in [4.69, 9.17) is 4.74 Å². The van der Waals surface area contributed by atoms with Crippen molar-refractivity contribution < 1.29 is 4.74 Å². The molecule has 0 bridgehead atoms. The van der Waals surface area contributed by atoms with E-state index in [-0.39, 0.29) is 0 Å². The summed E-state index contributed by atoms with van der Waals surface area (Å²) < 4.78 is 7.80. The molecule has 0 aromatic heterocycles. The van der Waals surface area contributed by atoms with Gasteiger partial charge in [0, 0.05) is 16.7 Å². The smallest absolute Gasteiger partial charge is 0.133 e. The molecule has 19 heavy (non-hydrogen) atoms. The molecule has 0 atom stereocenters. The van der Waals surface area contributed by atoms with Gasteiger partial charge in [0.05, 0.1) is 4.47 Å². The minimum atomic E-state index is 0.623. The third-order valence-corrected chi connectivity index (χ3v) is 3.77. The van der Waals surface area contributed by atoms with Crippen molar-refractivity contribution in [2.45, 2.75) is 6.92 Å². The van der Waals surface area contributed by atoms with E-state index in [1.807, 2.05) is 36.4 Å². The molecule has 4 heteroatoms. The second-order valence-corrected chi connectivity index (χ2v) is 5.99. The molecule has 0 aliphatic rings. The van der Waals surface area contributed by atoms with Crippen LogP contribution in [0.1, 0.15) is 5.56 Å². The number of anilines is 1. The molecule has 0 aliphatic heterocycles. The van der Waals surface area contributed by atoms with E-state index in [1.165, 1.54) is 5.56 Å². The van der Waals surface area contributed by atoms with Crippen LogP contribution < -0.4 is 10.1 Å². The van der Waals surface area contributed by atoms with E-state index in [2.05, 4.69) is 50.2 Å². The third-order valence-electron chi connectivity index (χ3n) is 2.62. The summed E-state index contributed by atoms with van der Waals surface area (Å²) in [7, 11) is 0. The average Bonchev–Trinajstić information content (AvgIpc) is 2.39. The SMILES string of the molecule is Cc1ccc(OCCNc2ccc(Br)cc2)c(Br)c1. The summed E-state index contributed by atoms with van der Waals surface area (Å²) >= 11 is 6.92. The predicted molar refractivity (Wildman–Crippen MR) is 87.0 cm³/mol. The summed E-state index contributed by atoms with van der Waals surface area (Å²) in [5, 5.41) is 3.31. The zero-order valence-electron chi connectivity index (χ0n) is 10.6. The van der Waals surface area contributed by atoms with E-state index in [9.17, 15) is 0 Å². The van der Waals surface area contributed by atoms with Crippen LogP contribution in [0, 0.1) is 6.92 Å². The van der Waals surface area contributed by atoms with Crippen molar-refractivity contribution in [1.29, 1.82) is 0 Å². The normalized spacial score (nSPS) is 10.3. The van der Waals surface area contributed by atoms with Crippen LogP contribution in [0.25, 0.3) is 0 Å². The second kappa shape index (κ2) is 6.96. The molecule has 0 saturated carbocycles. The predicted octanol–water partition coefficient (Wildman–Crippen LogP) is 5.01. The zero-order chi connectivity index (χ0) is 13.7. The Labute approximate surface area is 130 Å². The Kier molecular flexibility index (Phi) is 5.28. The Morgan fingerprint density at radius 2 is 1.79 bits per heavy atom. The summed E-state index contributed by atoms with van der Waals surface area (Å²) in [6.45, 7) is 3.45. The lowest BCUT2D eigenvalue weighted by molar-refractivity contribution is 0.331. The Balaban J connectivity index is 1.79. The van der Waals surface area contributed by atoms with Gasteiger partial charge in [0.25, 0.3) is 0 Å². The maximum Gasteiger partial charge on any atom is 0.133 e. The van der Waals surface area contributed by atoms with E-state index in [1.54, 1.807) is 0 Å². The van der Waals surface area contributed by atoms with Gasteiger partial charge in [-0.05, 0) is 64.8 Å². The van der Waals surface area contributed by atoms with Crippen LogP contribution in [0.3, 0.4) is 0 Å². The van der Waals surface area contributed by atoms with Crippen LogP contribution >= 0.6 is 31.9 Å². The molecule has 0 unspecified atom stereocenters. The summed E-state index contributed by atoms with van der Waals surface area (Å²) in [4.78, 5) is 0. The molecule has 0 aliphatic carbocycles. The minimum absolute atomic E-state index is 0.623. The molecule has 2 nitrogen and oxygen atoms in total. The molecular weight excluding hydrogens is 370 g/mol. The largest absolute Gasteiger partial charge is 0.491 e. The highest BCUT2D eigenvalue weighted by molar-refractivity contribution is 9.10. The monoisotopic (exact) mass is 383 g/mol. The Hall–Kier alpha value is -1.000. The van der Waals surface area contributed by atoms with Crippen LogP contribution in [0.2, 0.25) is 0 Å². The lowest BCUT2D eigenvalue weighted by Crippen LogP contribution is -2.11. The summed E-state index contributed by atoms with van der Waals surface area (Å²) in [5.74, 6) is 0.878. The lowest BCUT2D eigenvalue weighted by Gasteiger charge is -2.10. The average molecular weight is 385 g/mol. The topological polar surface area (TPSA) is 21.3 Å². The number of hydrogen-bond acceptors (Lipinski definition) is 2. The molecule has 0 heterocycles. The van der Waals surface area contributed by atoms with Gasteiger partial charge >= 0.3 is 0 Å². The van der Waals surface area contributed by atoms with Gasteiger partial charge in [-0.15, -0.1) is 0 Å². The van der Waals surface area contributed by atoms with Crippen LogP contribution in [-0.4, -0.2) is 13.2 Å². The molecule has 100 valence electrons. The summed E-state index contributed by atoms with van der Waals surface area (Å²) in [6, 6.07) is 14.2. The van der Waals surface area contributed by atoms with E-state index >= 15 is 0 Å². The third kappa shape index (κ3) is 4.55. The molecule has 0 saturated heterocycles. The van der Waals surface area contributed by atoms with Crippen molar-refractivity contribution in [3.8, 4) is 5.75 Å². The Bertz CT molecular complexity index is 540. The van der Waals surface area contributed by atoms with Gasteiger partial charge in [0.2, 0.25) is 0 Å². The number of halogens is 2. The number of hydrogen-bond donors (Lipinski definition) is 1. The van der Waals surface area contributed by atoms with E-state index < -0.39 is 0 Å². The standard InChI is InChI=1S/C15H15Br2NO/c1-11-2-7-15(14(17)10-11)19-9-8-18-13-5-3-12(16)4-6-13/h2-7,10,18H,8-9H2,1H3. The fraction of sp³-hybridized carbons (Fsp3) is 0.200. The van der Waals surface area contributed by atoms with Gasteiger partial charge in [-0.2, -0.15) is 0 Å². The molecular formula is C15H15Br2NO. The van der Waals surface area contributed by atoms with Gasteiger partial charge in [0.15, 0.2) is 0 Å². The van der Waals surface area contributed by atoms with Crippen LogP contribution in [-0.2, 0) is 0 Å². The van der Waals surface area contributed by atoms with Crippen molar-refractivity contribution >= 4 is 37.5 Å². The van der Waals surface area contributed by atoms with E-state index in [0.29, 0.717) is 6.61 Å². The van der Waals surface area contributed by atoms with Gasteiger partial charge in [-0.1, -0.05) is 22.0 Å². The Morgan fingerprint density at radius 1 is 1.05 bits per heavy atom. The first kappa shape index (κ1) is 14.4. The maximum atomic E-state index is 5.72. The molecule has 2 rings (SSSR count). The second-order valence-electron chi connectivity index (χ2n) is 4.22. The molecule has 1 N–H and O–H groups in total. The number of ether oxygens (including phenoxy) is 1. The van der Waals surface area contributed by atoms with Crippen molar-refractivity contribution in [3.63, 3.8) is 0 Å². The molecule has 0 fully saturated rings. The van der Waals surface area contributed by atoms with Crippen LogP contribution in [0.15, 0.2) is 51.4 Å². The first-order valence-electron chi connectivity index (χ1n) is 6.03. The molecule has 2 aromatic rings. The molecule has 2 aromatic carbocycles. The summed E-state index contributed by atoms with van der Waals surface area (Å²) in [6.07, 6.45) is 0.